The number of ether oxygens (including phenoxy) is 1. The van der Waals surface area contributed by atoms with Crippen molar-refractivity contribution in [1.82, 2.24) is 9.55 Å². The molecule has 9 heteroatoms. The molecule has 0 spiro atoms. The van der Waals surface area contributed by atoms with Crippen molar-refractivity contribution in [3.8, 4) is 0 Å². The van der Waals surface area contributed by atoms with E-state index in [9.17, 15) is 24.6 Å². The lowest BCUT2D eigenvalue weighted by Gasteiger charge is -2.17. The number of rotatable bonds is 5. The van der Waals surface area contributed by atoms with Crippen LogP contribution in [0.15, 0.2) is 15.8 Å². The predicted molar refractivity (Wildman–Crippen MR) is 73.3 cm³/mol. The molecule has 122 valence electrons. The predicted octanol–water partition coefficient (Wildman–Crippen LogP) is -2.33. The fourth-order valence-corrected chi connectivity index (χ4v) is 2.31. The number of aromatic nitrogens is 2. The van der Waals surface area contributed by atoms with Crippen LogP contribution in [0, 0.1) is 0 Å². The number of carbonyl (C=O) groups is 1. The number of nitrogens with zero attached hydrogens (tertiary/aromatic N) is 1. The Kier molecular flexibility index (Phi) is 4.91. The zero-order chi connectivity index (χ0) is 16.4. The first kappa shape index (κ1) is 16.6. The van der Waals surface area contributed by atoms with Gasteiger partial charge in [0.15, 0.2) is 6.23 Å². The Morgan fingerprint density at radius 3 is 2.59 bits per heavy atom. The zero-order valence-electron chi connectivity index (χ0n) is 11.9. The Morgan fingerprint density at radius 2 is 2.05 bits per heavy atom. The summed E-state index contributed by atoms with van der Waals surface area (Å²) in [5, 5.41) is 28.7. The summed E-state index contributed by atoms with van der Waals surface area (Å²) in [5.41, 5.74) is -1.24. The van der Waals surface area contributed by atoms with Gasteiger partial charge in [-0.1, -0.05) is 0 Å². The normalized spacial score (nSPS) is 28.0. The van der Waals surface area contributed by atoms with Crippen molar-refractivity contribution in [2.45, 2.75) is 44.3 Å². The minimum Gasteiger partial charge on any atom is -0.394 e. The van der Waals surface area contributed by atoms with Crippen molar-refractivity contribution in [2.75, 3.05) is 6.61 Å². The number of aryl methyl sites for hydroxylation is 1. The van der Waals surface area contributed by atoms with Gasteiger partial charge in [0.05, 0.1) is 6.61 Å². The largest absolute Gasteiger partial charge is 0.394 e. The van der Waals surface area contributed by atoms with Gasteiger partial charge in [0, 0.05) is 18.2 Å². The van der Waals surface area contributed by atoms with Crippen molar-refractivity contribution in [3.05, 3.63) is 32.6 Å². The van der Waals surface area contributed by atoms with Crippen molar-refractivity contribution in [3.63, 3.8) is 0 Å². The number of ketones is 1. The van der Waals surface area contributed by atoms with E-state index in [1.807, 2.05) is 0 Å². The first-order valence-corrected chi connectivity index (χ1v) is 6.81. The van der Waals surface area contributed by atoms with Gasteiger partial charge in [-0.15, -0.1) is 0 Å². The third-order valence-electron chi connectivity index (χ3n) is 3.58. The third-order valence-corrected chi connectivity index (χ3v) is 3.58. The monoisotopic (exact) mass is 314 g/mol. The Bertz CT molecular complexity index is 665. The average Bonchev–Trinajstić information content (AvgIpc) is 2.74. The maximum absolute atomic E-state index is 11.9. The van der Waals surface area contributed by atoms with E-state index >= 15 is 0 Å². The summed E-state index contributed by atoms with van der Waals surface area (Å²) in [6.07, 6.45) is -3.57. The van der Waals surface area contributed by atoms with E-state index in [-0.39, 0.29) is 24.2 Å². The molecule has 9 nitrogen and oxygen atoms in total. The highest BCUT2D eigenvalue weighted by Crippen LogP contribution is 2.27. The van der Waals surface area contributed by atoms with Crippen LogP contribution in [0.3, 0.4) is 0 Å². The molecular formula is C13H18N2O7. The number of aliphatic hydroxyl groups is 3. The van der Waals surface area contributed by atoms with Crippen LogP contribution in [-0.4, -0.2) is 55.6 Å². The first-order chi connectivity index (χ1) is 10.3. The van der Waals surface area contributed by atoms with Crippen LogP contribution in [0.2, 0.25) is 0 Å². The minimum absolute atomic E-state index is 0.106. The molecule has 4 N–H and O–H groups in total. The molecule has 2 heterocycles. The van der Waals surface area contributed by atoms with E-state index in [0.717, 1.165) is 4.57 Å². The van der Waals surface area contributed by atoms with Crippen LogP contribution in [0.5, 0.6) is 0 Å². The Labute approximate surface area is 124 Å². The number of Topliss-reactive ketones (excluding diaryl/α,β-unsaturated/α-hetero) is 1. The molecule has 2 rings (SSSR count). The van der Waals surface area contributed by atoms with E-state index < -0.39 is 42.4 Å². The summed E-state index contributed by atoms with van der Waals surface area (Å²) in [5.74, 6) is -0.106. The topological polar surface area (TPSA) is 142 Å². The van der Waals surface area contributed by atoms with Gasteiger partial charge < -0.3 is 24.9 Å². The summed E-state index contributed by atoms with van der Waals surface area (Å²) in [7, 11) is 0. The molecule has 0 amide bonds. The van der Waals surface area contributed by atoms with Gasteiger partial charge in [0.1, 0.15) is 24.1 Å². The fourth-order valence-electron chi connectivity index (χ4n) is 2.31. The van der Waals surface area contributed by atoms with Gasteiger partial charge in [0.2, 0.25) is 0 Å². The first-order valence-electron chi connectivity index (χ1n) is 6.81. The van der Waals surface area contributed by atoms with Gasteiger partial charge in [0.25, 0.3) is 5.56 Å². The van der Waals surface area contributed by atoms with E-state index in [1.54, 1.807) is 0 Å². The zero-order valence-corrected chi connectivity index (χ0v) is 11.9. The van der Waals surface area contributed by atoms with Crippen molar-refractivity contribution >= 4 is 5.78 Å². The molecule has 0 saturated carbocycles. The molecule has 0 radical (unpaired) electrons. The summed E-state index contributed by atoms with van der Waals surface area (Å²) < 4.78 is 6.19. The molecule has 0 bridgehead atoms. The lowest BCUT2D eigenvalue weighted by molar-refractivity contribution is -0.116. The number of nitrogens with one attached hydrogen (secondary N) is 1. The maximum Gasteiger partial charge on any atom is 0.330 e. The molecule has 1 aromatic heterocycles. The van der Waals surface area contributed by atoms with Gasteiger partial charge >= 0.3 is 5.69 Å². The quantitative estimate of drug-likeness (QED) is 0.477. The summed E-state index contributed by atoms with van der Waals surface area (Å²) in [6.45, 7) is 0.861. The van der Waals surface area contributed by atoms with Gasteiger partial charge in [-0.05, 0) is 13.3 Å². The average molecular weight is 314 g/mol. The molecule has 1 aromatic rings. The third kappa shape index (κ3) is 3.17. The number of hydrogen-bond acceptors (Lipinski definition) is 7. The maximum atomic E-state index is 11.9. The number of H-pyrrole nitrogens is 1. The molecule has 1 aliphatic rings. The summed E-state index contributed by atoms with van der Waals surface area (Å²) in [4.78, 5) is 36.7. The lowest BCUT2D eigenvalue weighted by atomic mass is 10.1. The second kappa shape index (κ2) is 6.53. The van der Waals surface area contributed by atoms with E-state index in [4.69, 9.17) is 9.84 Å². The Balaban J connectivity index is 2.35. The highest BCUT2D eigenvalue weighted by atomic mass is 16.6. The minimum atomic E-state index is -1.43. The molecule has 0 aromatic carbocycles. The highest BCUT2D eigenvalue weighted by Gasteiger charge is 2.43. The summed E-state index contributed by atoms with van der Waals surface area (Å²) in [6, 6.07) is 0. The van der Waals surface area contributed by atoms with Gasteiger partial charge in [-0.25, -0.2) is 4.79 Å². The van der Waals surface area contributed by atoms with Crippen LogP contribution in [-0.2, 0) is 16.0 Å². The van der Waals surface area contributed by atoms with Crippen LogP contribution >= 0.6 is 0 Å². The van der Waals surface area contributed by atoms with Crippen LogP contribution in [0.1, 0.15) is 25.1 Å². The van der Waals surface area contributed by atoms with Crippen LogP contribution < -0.4 is 11.2 Å². The Morgan fingerprint density at radius 1 is 1.36 bits per heavy atom. The number of hydrogen-bond donors (Lipinski definition) is 4. The SMILES string of the molecule is CC(=O)CCc1cn([C@@H]2O[C@H](CO)C(O)C2O)c(=O)[nH]c1=O. The molecule has 0 aliphatic carbocycles. The van der Waals surface area contributed by atoms with Crippen LogP contribution in [0.4, 0.5) is 0 Å². The van der Waals surface area contributed by atoms with Gasteiger partial charge in [-0.3, -0.25) is 14.3 Å². The van der Waals surface area contributed by atoms with E-state index in [2.05, 4.69) is 4.98 Å². The fraction of sp³-hybridized carbons (Fsp3) is 0.615. The molecule has 1 saturated heterocycles. The second-order valence-corrected chi connectivity index (χ2v) is 5.25. The summed E-state index contributed by atoms with van der Waals surface area (Å²) >= 11 is 0. The number of aromatic amines is 1. The van der Waals surface area contributed by atoms with Crippen LogP contribution in [0.25, 0.3) is 0 Å². The molecule has 1 fully saturated rings. The molecule has 2 unspecified atom stereocenters. The number of aliphatic hydroxyl groups excluding tert-OH is 3. The van der Waals surface area contributed by atoms with Crippen molar-refractivity contribution < 1.29 is 24.9 Å². The molecule has 22 heavy (non-hydrogen) atoms. The molecular weight excluding hydrogens is 296 g/mol. The van der Waals surface area contributed by atoms with Crippen molar-refractivity contribution in [2.24, 2.45) is 0 Å². The smallest absolute Gasteiger partial charge is 0.330 e. The molecule has 1 aliphatic heterocycles. The Hall–Kier alpha value is -1.81. The van der Waals surface area contributed by atoms with Gasteiger partial charge in [-0.2, -0.15) is 0 Å². The molecule has 4 atom stereocenters. The van der Waals surface area contributed by atoms with E-state index in [0.29, 0.717) is 0 Å². The lowest BCUT2D eigenvalue weighted by Crippen LogP contribution is -2.39. The number of carbonyl (C=O) groups excluding carboxylic acids is 1. The second-order valence-electron chi connectivity index (χ2n) is 5.25. The highest BCUT2D eigenvalue weighted by molar-refractivity contribution is 5.75. The standard InChI is InChI=1S/C13H18N2O7/c1-6(17)2-3-7-4-15(13(21)14-11(7)20)12-10(19)9(18)8(5-16)22-12/h4,8-10,12,16,18-19H,2-3,5H2,1H3,(H,14,20,21)/t8-,9?,10?,12-/m1/s1. The van der Waals surface area contributed by atoms with E-state index in [1.165, 1.54) is 13.1 Å². The van der Waals surface area contributed by atoms with Crippen molar-refractivity contribution in [1.29, 1.82) is 0 Å².